The lowest BCUT2D eigenvalue weighted by Gasteiger charge is -2.10. The topological polar surface area (TPSA) is 56.7 Å². The highest BCUT2D eigenvalue weighted by atomic mass is 32.2. The second-order valence-corrected chi connectivity index (χ2v) is 7.01. The average molecular weight is 362 g/mol. The zero-order chi connectivity index (χ0) is 17.9. The summed E-state index contributed by atoms with van der Waals surface area (Å²) in [6.45, 7) is 3.97. The highest BCUT2D eigenvalue weighted by molar-refractivity contribution is 7.98. The Kier molecular flexibility index (Phi) is 4.58. The fraction of sp³-hybridized carbons (Fsp3) is 0.150. The molecular formula is C20H18N4OS. The van der Waals surface area contributed by atoms with Gasteiger partial charge in [0.1, 0.15) is 5.76 Å². The minimum Gasteiger partial charge on any atom is -0.361 e. The Morgan fingerprint density at radius 2 is 1.81 bits per heavy atom. The molecule has 26 heavy (non-hydrogen) atoms. The van der Waals surface area contributed by atoms with E-state index in [2.05, 4.69) is 57.2 Å². The monoisotopic (exact) mass is 362 g/mol. The molecule has 0 saturated carbocycles. The number of aryl methyl sites for hydroxylation is 2. The quantitative estimate of drug-likeness (QED) is 0.476. The summed E-state index contributed by atoms with van der Waals surface area (Å²) in [4.78, 5) is 0. The third-order valence-corrected chi connectivity index (χ3v) is 4.91. The van der Waals surface area contributed by atoms with Crippen LogP contribution in [0.1, 0.15) is 17.0 Å². The molecule has 6 heteroatoms. The van der Waals surface area contributed by atoms with Crippen LogP contribution in [0.3, 0.4) is 0 Å². The molecule has 0 N–H and O–H groups in total. The number of nitrogens with zero attached hydrogens (tertiary/aromatic N) is 4. The number of benzene rings is 2. The van der Waals surface area contributed by atoms with Crippen LogP contribution in [-0.4, -0.2) is 19.9 Å². The maximum Gasteiger partial charge on any atom is 0.196 e. The number of aromatic nitrogens is 4. The smallest absolute Gasteiger partial charge is 0.196 e. The van der Waals surface area contributed by atoms with E-state index >= 15 is 0 Å². The number of rotatable bonds is 5. The van der Waals surface area contributed by atoms with E-state index < -0.39 is 0 Å². The van der Waals surface area contributed by atoms with Gasteiger partial charge in [0, 0.05) is 23.1 Å². The first-order valence-corrected chi connectivity index (χ1v) is 9.32. The molecule has 2 aromatic heterocycles. The van der Waals surface area contributed by atoms with Crippen molar-refractivity contribution in [2.45, 2.75) is 24.8 Å². The highest BCUT2D eigenvalue weighted by Gasteiger charge is 2.16. The minimum atomic E-state index is 0.677. The Morgan fingerprint density at radius 1 is 0.962 bits per heavy atom. The van der Waals surface area contributed by atoms with E-state index in [1.807, 2.05) is 37.3 Å². The van der Waals surface area contributed by atoms with Crippen molar-refractivity contribution in [3.63, 3.8) is 0 Å². The maximum absolute atomic E-state index is 5.15. The molecule has 0 aliphatic heterocycles. The van der Waals surface area contributed by atoms with E-state index in [0.717, 1.165) is 33.7 Å². The van der Waals surface area contributed by atoms with Gasteiger partial charge in [-0.2, -0.15) is 0 Å². The molecule has 0 atom stereocenters. The predicted molar refractivity (Wildman–Crippen MR) is 102 cm³/mol. The van der Waals surface area contributed by atoms with E-state index in [1.165, 1.54) is 5.56 Å². The van der Waals surface area contributed by atoms with Gasteiger partial charge in [-0.25, -0.2) is 0 Å². The average Bonchev–Trinajstić information content (AvgIpc) is 3.26. The molecule has 2 aromatic carbocycles. The molecule has 2 heterocycles. The molecule has 4 aromatic rings. The third-order valence-electron chi connectivity index (χ3n) is 3.95. The second-order valence-electron chi connectivity index (χ2n) is 6.06. The second kappa shape index (κ2) is 7.17. The Labute approximate surface area is 156 Å². The van der Waals surface area contributed by atoms with Gasteiger partial charge in [0.15, 0.2) is 11.0 Å². The van der Waals surface area contributed by atoms with Gasteiger partial charge < -0.3 is 4.52 Å². The molecule has 5 nitrogen and oxygen atoms in total. The highest BCUT2D eigenvalue weighted by Crippen LogP contribution is 2.29. The van der Waals surface area contributed by atoms with E-state index in [1.54, 1.807) is 11.8 Å². The van der Waals surface area contributed by atoms with Crippen LogP contribution in [0.2, 0.25) is 0 Å². The van der Waals surface area contributed by atoms with Crippen molar-refractivity contribution in [1.82, 2.24) is 19.9 Å². The van der Waals surface area contributed by atoms with E-state index in [0.29, 0.717) is 5.75 Å². The van der Waals surface area contributed by atoms with Gasteiger partial charge in [0.25, 0.3) is 0 Å². The summed E-state index contributed by atoms with van der Waals surface area (Å²) in [5.41, 5.74) is 4.17. The van der Waals surface area contributed by atoms with Crippen LogP contribution in [0.5, 0.6) is 0 Å². The molecule has 130 valence electrons. The van der Waals surface area contributed by atoms with Gasteiger partial charge in [-0.1, -0.05) is 58.9 Å². The van der Waals surface area contributed by atoms with Crippen LogP contribution < -0.4 is 0 Å². The summed E-state index contributed by atoms with van der Waals surface area (Å²) >= 11 is 1.59. The van der Waals surface area contributed by atoms with Gasteiger partial charge in [0.05, 0.1) is 5.69 Å². The van der Waals surface area contributed by atoms with Crippen molar-refractivity contribution in [2.24, 2.45) is 0 Å². The Balaban J connectivity index is 1.74. The normalized spacial score (nSPS) is 11.0. The molecule has 0 bridgehead atoms. The van der Waals surface area contributed by atoms with Gasteiger partial charge in [-0.3, -0.25) is 4.57 Å². The van der Waals surface area contributed by atoms with Crippen LogP contribution in [0.25, 0.3) is 17.1 Å². The summed E-state index contributed by atoms with van der Waals surface area (Å²) in [7, 11) is 0. The lowest BCUT2D eigenvalue weighted by molar-refractivity contribution is 0.393. The molecule has 4 rings (SSSR count). The predicted octanol–water partition coefficient (Wildman–Crippen LogP) is 4.83. The lowest BCUT2D eigenvalue weighted by Crippen LogP contribution is -1.99. The molecular weight excluding hydrogens is 344 g/mol. The lowest BCUT2D eigenvalue weighted by atomic mass is 10.1. The third kappa shape index (κ3) is 3.41. The Morgan fingerprint density at radius 3 is 2.54 bits per heavy atom. The first-order valence-electron chi connectivity index (χ1n) is 8.33. The van der Waals surface area contributed by atoms with E-state index in [-0.39, 0.29) is 0 Å². The van der Waals surface area contributed by atoms with Crippen molar-refractivity contribution in [3.8, 4) is 17.1 Å². The van der Waals surface area contributed by atoms with Gasteiger partial charge >= 0.3 is 0 Å². The molecule has 0 amide bonds. The standard InChI is InChI=1S/C20H18N4OS/c1-14-7-6-8-16(11-14)19-21-22-20(24(19)18-9-4-3-5-10-18)26-13-17-12-15(2)25-23-17/h3-12H,13H2,1-2H3. The zero-order valence-electron chi connectivity index (χ0n) is 14.6. The molecule has 0 fully saturated rings. The van der Waals surface area contributed by atoms with Crippen LogP contribution >= 0.6 is 11.8 Å². The molecule has 0 saturated heterocycles. The van der Waals surface area contributed by atoms with Gasteiger partial charge in [-0.15, -0.1) is 10.2 Å². The molecule has 0 unspecified atom stereocenters. The molecule has 0 spiro atoms. The summed E-state index contributed by atoms with van der Waals surface area (Å²) in [6, 6.07) is 20.4. The van der Waals surface area contributed by atoms with Crippen molar-refractivity contribution in [1.29, 1.82) is 0 Å². The summed E-state index contributed by atoms with van der Waals surface area (Å²) in [6.07, 6.45) is 0. The fourth-order valence-corrected chi connectivity index (χ4v) is 3.60. The number of para-hydroxylation sites is 1. The summed E-state index contributed by atoms with van der Waals surface area (Å²) in [5, 5.41) is 13.8. The van der Waals surface area contributed by atoms with Crippen LogP contribution in [-0.2, 0) is 5.75 Å². The van der Waals surface area contributed by atoms with Crippen molar-refractivity contribution in [2.75, 3.05) is 0 Å². The summed E-state index contributed by atoms with van der Waals surface area (Å²) < 4.78 is 7.24. The van der Waals surface area contributed by atoms with Crippen molar-refractivity contribution < 1.29 is 4.52 Å². The van der Waals surface area contributed by atoms with E-state index in [4.69, 9.17) is 4.52 Å². The molecule has 0 aliphatic rings. The fourth-order valence-electron chi connectivity index (χ4n) is 2.77. The SMILES string of the molecule is Cc1cccc(-c2nnc(SCc3cc(C)on3)n2-c2ccccc2)c1. The minimum absolute atomic E-state index is 0.677. The van der Waals surface area contributed by atoms with Crippen LogP contribution in [0.15, 0.2) is 70.3 Å². The molecule has 0 radical (unpaired) electrons. The largest absolute Gasteiger partial charge is 0.361 e. The van der Waals surface area contributed by atoms with Gasteiger partial charge in [0.2, 0.25) is 0 Å². The Bertz CT molecular complexity index is 1020. The maximum atomic E-state index is 5.15. The van der Waals surface area contributed by atoms with Crippen molar-refractivity contribution >= 4 is 11.8 Å². The van der Waals surface area contributed by atoms with Crippen LogP contribution in [0.4, 0.5) is 0 Å². The number of hydrogen-bond donors (Lipinski definition) is 0. The first-order chi connectivity index (χ1) is 12.7. The summed E-state index contributed by atoms with van der Waals surface area (Å²) in [5.74, 6) is 2.32. The van der Waals surface area contributed by atoms with Crippen molar-refractivity contribution in [3.05, 3.63) is 77.7 Å². The zero-order valence-corrected chi connectivity index (χ0v) is 15.4. The van der Waals surface area contributed by atoms with Crippen LogP contribution in [0, 0.1) is 13.8 Å². The number of thioether (sulfide) groups is 1. The number of hydrogen-bond acceptors (Lipinski definition) is 5. The van der Waals surface area contributed by atoms with E-state index in [9.17, 15) is 0 Å². The molecule has 0 aliphatic carbocycles. The Hall–Kier alpha value is -2.86. The first kappa shape index (κ1) is 16.6. The van der Waals surface area contributed by atoms with Gasteiger partial charge in [-0.05, 0) is 32.0 Å².